The number of cyclic esters (lactones) is 1. The van der Waals surface area contributed by atoms with Crippen LogP contribution < -0.4 is 29.6 Å². The van der Waals surface area contributed by atoms with E-state index in [2.05, 4.69) is 17.4 Å². The van der Waals surface area contributed by atoms with Crippen molar-refractivity contribution in [2.45, 2.75) is 11.7 Å². The van der Waals surface area contributed by atoms with Crippen molar-refractivity contribution in [3.63, 3.8) is 0 Å². The molecular weight excluding hydrogens is 135 g/mol. The quantitative estimate of drug-likeness (QED) is 0.202. The maximum absolute atomic E-state index is 10.2. The summed E-state index contributed by atoms with van der Waals surface area (Å²) in [6.45, 7) is 0.521. The van der Waals surface area contributed by atoms with Crippen LogP contribution in [0.3, 0.4) is 0 Å². The summed E-state index contributed by atoms with van der Waals surface area (Å²) in [5.41, 5.74) is 0. The Bertz CT molecular complexity index is 96.0. The predicted octanol–water partition coefficient (Wildman–Crippen LogP) is -3.15. The third kappa shape index (κ3) is 1.97. The molecule has 1 unspecified atom stereocenters. The third-order valence-corrected chi connectivity index (χ3v) is 1.32. The number of carbonyl (C=O) groups is 1. The van der Waals surface area contributed by atoms with Crippen molar-refractivity contribution in [3.05, 3.63) is 0 Å². The molecule has 0 saturated carbocycles. The molecule has 0 aromatic rings. The summed E-state index contributed by atoms with van der Waals surface area (Å²) in [7, 11) is 0. The predicted molar refractivity (Wildman–Crippen MR) is 26.7 cm³/mol. The van der Waals surface area contributed by atoms with Gasteiger partial charge in [-0.15, -0.1) is 0 Å². The van der Waals surface area contributed by atoms with E-state index in [1.807, 2.05) is 0 Å². The fourth-order valence-corrected chi connectivity index (χ4v) is 0.642. The van der Waals surface area contributed by atoms with Crippen LogP contribution in [-0.2, 0) is 22.2 Å². The van der Waals surface area contributed by atoms with Crippen LogP contribution in [0, 0.1) is 0 Å². The number of esters is 1. The van der Waals surface area contributed by atoms with Crippen LogP contribution in [0.25, 0.3) is 0 Å². The van der Waals surface area contributed by atoms with Crippen LogP contribution in [0.4, 0.5) is 0 Å². The zero-order valence-corrected chi connectivity index (χ0v) is 7.53. The molecule has 1 atom stereocenters. The average Bonchev–Trinajstić information content (AvgIpc) is 1.91. The van der Waals surface area contributed by atoms with Crippen molar-refractivity contribution in [1.29, 1.82) is 0 Å². The first-order chi connectivity index (χ1) is 3.30. The van der Waals surface area contributed by atoms with Gasteiger partial charge in [-0.05, 0) is 6.42 Å². The molecule has 0 aliphatic carbocycles. The second kappa shape index (κ2) is 3.77. The average molecular weight is 140 g/mol. The smallest absolute Gasteiger partial charge is 0.778 e. The Morgan fingerprint density at radius 1 is 1.75 bits per heavy atom. The Balaban J connectivity index is 0.000000490. The van der Waals surface area contributed by atoms with Gasteiger partial charge in [0, 0.05) is 0 Å². The number of rotatable bonds is 0. The molecule has 1 fully saturated rings. The number of ether oxygens (including phenoxy) is 1. The molecule has 4 heteroatoms. The van der Waals surface area contributed by atoms with Crippen LogP contribution in [0.15, 0.2) is 0 Å². The summed E-state index contributed by atoms with van der Waals surface area (Å²) in [5, 5.41) is -0.264. The topological polar surface area (TPSA) is 26.3 Å². The van der Waals surface area contributed by atoms with E-state index < -0.39 is 0 Å². The standard InChI is InChI=1S/C4H6O2S.Na/c5-4-3(7)1-2-6-4;/h3,7H,1-2H2;/q;+1/p-1. The molecule has 2 nitrogen and oxygen atoms in total. The zero-order chi connectivity index (χ0) is 5.28. The first-order valence-corrected chi connectivity index (χ1v) is 2.60. The van der Waals surface area contributed by atoms with Gasteiger partial charge in [0.1, 0.15) is 0 Å². The molecule has 0 spiro atoms. The minimum atomic E-state index is -0.264. The molecule has 8 heavy (non-hydrogen) atoms. The largest absolute Gasteiger partial charge is 1.00 e. The Morgan fingerprint density at radius 2 is 2.38 bits per heavy atom. The van der Waals surface area contributed by atoms with E-state index in [1.165, 1.54) is 0 Å². The summed E-state index contributed by atoms with van der Waals surface area (Å²) >= 11 is 4.65. The van der Waals surface area contributed by atoms with Crippen molar-refractivity contribution in [3.8, 4) is 0 Å². The van der Waals surface area contributed by atoms with Crippen molar-refractivity contribution >= 4 is 18.6 Å². The van der Waals surface area contributed by atoms with Crippen LogP contribution in [-0.4, -0.2) is 17.8 Å². The molecule has 1 aliphatic heterocycles. The summed E-state index contributed by atoms with van der Waals surface area (Å²) < 4.78 is 4.52. The maximum Gasteiger partial charge on any atom is 1.00 e. The second-order valence-electron chi connectivity index (χ2n) is 1.44. The van der Waals surface area contributed by atoms with E-state index in [1.54, 1.807) is 0 Å². The number of hydrogen-bond acceptors (Lipinski definition) is 3. The number of hydrogen-bond donors (Lipinski definition) is 0. The Labute approximate surface area is 75.7 Å². The van der Waals surface area contributed by atoms with E-state index in [4.69, 9.17) is 0 Å². The van der Waals surface area contributed by atoms with E-state index in [0.29, 0.717) is 13.0 Å². The van der Waals surface area contributed by atoms with Gasteiger partial charge in [0.25, 0.3) is 5.97 Å². The van der Waals surface area contributed by atoms with Gasteiger partial charge < -0.3 is 17.4 Å². The van der Waals surface area contributed by atoms with Crippen LogP contribution in [0.5, 0.6) is 0 Å². The minimum Gasteiger partial charge on any atom is -0.778 e. The van der Waals surface area contributed by atoms with Crippen molar-refractivity contribution < 1.29 is 39.1 Å². The minimum absolute atomic E-state index is 0. The SMILES string of the molecule is O=C1OCCC1[S-].[Na+]. The van der Waals surface area contributed by atoms with Gasteiger partial charge in [-0.1, -0.05) is 5.25 Å². The molecule has 0 bridgehead atoms. The third-order valence-electron chi connectivity index (χ3n) is 0.887. The molecule has 1 heterocycles. The first-order valence-electron chi connectivity index (χ1n) is 2.13. The van der Waals surface area contributed by atoms with E-state index >= 15 is 0 Å². The Morgan fingerprint density at radius 3 is 2.50 bits per heavy atom. The molecule has 1 aliphatic rings. The van der Waals surface area contributed by atoms with E-state index in [0.717, 1.165) is 0 Å². The van der Waals surface area contributed by atoms with Crippen molar-refractivity contribution in [2.24, 2.45) is 0 Å². The maximum atomic E-state index is 10.2. The monoisotopic (exact) mass is 140 g/mol. The normalized spacial score (nSPS) is 26.6. The molecule has 0 N–H and O–H groups in total. The van der Waals surface area contributed by atoms with Gasteiger partial charge in [-0.25, -0.2) is 0 Å². The van der Waals surface area contributed by atoms with Crippen molar-refractivity contribution in [2.75, 3.05) is 6.61 Å². The van der Waals surface area contributed by atoms with Gasteiger partial charge in [-0.2, -0.15) is 0 Å². The second-order valence-corrected chi connectivity index (χ2v) is 2.01. The van der Waals surface area contributed by atoms with Gasteiger partial charge >= 0.3 is 29.6 Å². The van der Waals surface area contributed by atoms with Gasteiger partial charge in [-0.3, -0.25) is 4.79 Å². The van der Waals surface area contributed by atoms with Gasteiger partial charge in [0.15, 0.2) is 0 Å². The molecule has 0 aromatic heterocycles. The Hall–Kier alpha value is 0.820. The van der Waals surface area contributed by atoms with Crippen LogP contribution >= 0.6 is 0 Å². The van der Waals surface area contributed by atoms with Crippen LogP contribution in [0.2, 0.25) is 0 Å². The van der Waals surface area contributed by atoms with Crippen molar-refractivity contribution in [1.82, 2.24) is 0 Å². The molecule has 0 radical (unpaired) electrons. The van der Waals surface area contributed by atoms with E-state index in [9.17, 15) is 4.79 Å². The zero-order valence-electron chi connectivity index (χ0n) is 4.72. The molecule has 1 saturated heterocycles. The summed E-state index contributed by atoms with van der Waals surface area (Å²) in [6.07, 6.45) is 0.716. The molecule has 40 valence electrons. The fourth-order valence-electron chi connectivity index (χ4n) is 0.477. The van der Waals surface area contributed by atoms with E-state index in [-0.39, 0.29) is 40.8 Å². The molecule has 0 amide bonds. The van der Waals surface area contributed by atoms with Crippen LogP contribution in [0.1, 0.15) is 6.42 Å². The molecular formula is C4H5NaO2S. The fraction of sp³-hybridized carbons (Fsp3) is 0.750. The molecule has 1 rings (SSSR count). The van der Waals surface area contributed by atoms with Gasteiger partial charge in [0.05, 0.1) is 6.61 Å². The molecule has 0 aromatic carbocycles. The summed E-state index contributed by atoms with van der Waals surface area (Å²) in [6, 6.07) is 0. The van der Waals surface area contributed by atoms with Gasteiger partial charge in [0.2, 0.25) is 0 Å². The Kier molecular flexibility index (Phi) is 4.16. The summed E-state index contributed by atoms with van der Waals surface area (Å²) in [4.78, 5) is 10.2. The number of carbonyl (C=O) groups excluding carboxylic acids is 1. The first kappa shape index (κ1) is 8.82. The summed E-state index contributed by atoms with van der Waals surface area (Å²) in [5.74, 6) is -0.227.